The van der Waals surface area contributed by atoms with Gasteiger partial charge in [0.25, 0.3) is 0 Å². The van der Waals surface area contributed by atoms with E-state index in [4.69, 9.17) is 21.6 Å². The quantitative estimate of drug-likeness (QED) is 0.643. The molecule has 32 heavy (non-hydrogen) atoms. The van der Waals surface area contributed by atoms with Crippen LogP contribution in [0.4, 0.5) is 0 Å². The highest BCUT2D eigenvalue weighted by atomic mass is 35.5. The Hall–Kier alpha value is -2.15. The van der Waals surface area contributed by atoms with Crippen LogP contribution in [0, 0.1) is 30.1 Å². The number of nitriles is 1. The van der Waals surface area contributed by atoms with Crippen molar-refractivity contribution in [2.45, 2.75) is 56.0 Å². The maximum Gasteiger partial charge on any atom is 0.226 e. The van der Waals surface area contributed by atoms with Crippen molar-refractivity contribution in [3.05, 3.63) is 28.8 Å². The highest BCUT2D eigenvalue weighted by Gasteiger charge is 2.49. The minimum absolute atomic E-state index is 0.0213. The fraction of sp³-hybridized carbons (Fsp3) is 0.591. The minimum Gasteiger partial charge on any atom is -0.372 e. The molecule has 1 N–H and O–H groups in total. The van der Waals surface area contributed by atoms with E-state index >= 15 is 0 Å². The van der Waals surface area contributed by atoms with Gasteiger partial charge in [-0.15, -0.1) is 0 Å². The number of carbonyl (C=O) groups excluding carboxylic acids is 2. The molecule has 1 heterocycles. The number of sulfone groups is 1. The highest BCUT2D eigenvalue weighted by molar-refractivity contribution is 7.92. The number of halogens is 1. The van der Waals surface area contributed by atoms with Gasteiger partial charge < -0.3 is 15.0 Å². The highest BCUT2D eigenvalue weighted by Crippen LogP contribution is 2.40. The van der Waals surface area contributed by atoms with Crippen molar-refractivity contribution in [1.82, 2.24) is 10.2 Å². The van der Waals surface area contributed by atoms with E-state index in [0.717, 1.165) is 0 Å². The number of morpholine rings is 1. The molecule has 1 saturated carbocycles. The number of benzene rings is 1. The zero-order valence-corrected chi connectivity index (χ0v) is 19.9. The number of aryl methyl sites for hydroxylation is 1. The molecule has 10 heteroatoms. The second kappa shape index (κ2) is 9.77. The lowest BCUT2D eigenvalue weighted by Gasteiger charge is -2.37. The number of carbonyl (C=O) groups is 2. The lowest BCUT2D eigenvalue weighted by Crippen LogP contribution is -2.51. The molecule has 2 aliphatic rings. The SMILES string of the molecule is Cc1cc(Cl)ccc1S(=O)(=O)[C@@H]1C[C@@H](C(=O)NCC#N)[C@H](C(=O)N2C[C@@H](C)O[C@@H](C)C2)C1. The van der Waals surface area contributed by atoms with E-state index in [1.165, 1.54) is 12.1 Å². The third kappa shape index (κ3) is 5.08. The molecule has 0 unspecified atom stereocenters. The molecular formula is C22H28ClN3O5S. The molecule has 1 saturated heterocycles. The molecule has 1 aliphatic heterocycles. The summed E-state index contributed by atoms with van der Waals surface area (Å²) in [6.45, 7) is 6.00. The van der Waals surface area contributed by atoms with Crippen LogP contribution in [0.25, 0.3) is 0 Å². The lowest BCUT2D eigenvalue weighted by atomic mass is 9.93. The molecule has 0 aromatic heterocycles. The van der Waals surface area contributed by atoms with Gasteiger partial charge >= 0.3 is 0 Å². The molecule has 0 spiro atoms. The Labute approximate surface area is 193 Å². The van der Waals surface area contributed by atoms with Gasteiger partial charge in [-0.2, -0.15) is 5.26 Å². The van der Waals surface area contributed by atoms with Gasteiger partial charge in [-0.05, 0) is 57.4 Å². The molecule has 0 radical (unpaired) electrons. The Morgan fingerprint density at radius 1 is 1.22 bits per heavy atom. The Bertz CT molecular complexity index is 1030. The summed E-state index contributed by atoms with van der Waals surface area (Å²) in [5.74, 6) is -2.31. The van der Waals surface area contributed by atoms with E-state index in [1.54, 1.807) is 17.9 Å². The molecule has 0 bridgehead atoms. The topological polar surface area (TPSA) is 117 Å². The van der Waals surface area contributed by atoms with Crippen molar-refractivity contribution < 1.29 is 22.7 Å². The van der Waals surface area contributed by atoms with Crippen LogP contribution in [0.5, 0.6) is 0 Å². The summed E-state index contributed by atoms with van der Waals surface area (Å²) in [6.07, 6.45) is -0.223. The Balaban J connectivity index is 1.90. The molecule has 1 aromatic rings. The van der Waals surface area contributed by atoms with Gasteiger partial charge in [-0.1, -0.05) is 11.6 Å². The van der Waals surface area contributed by atoms with Gasteiger partial charge in [0, 0.05) is 18.1 Å². The number of hydrogen-bond acceptors (Lipinski definition) is 6. The molecule has 5 atom stereocenters. The maximum atomic E-state index is 13.4. The Kier molecular flexibility index (Phi) is 7.48. The first kappa shape index (κ1) is 24.5. The van der Waals surface area contributed by atoms with E-state index in [0.29, 0.717) is 23.7 Å². The molecule has 1 aromatic carbocycles. The summed E-state index contributed by atoms with van der Waals surface area (Å²) >= 11 is 5.98. The second-order valence-electron chi connectivity index (χ2n) is 8.64. The summed E-state index contributed by atoms with van der Waals surface area (Å²) in [7, 11) is -3.79. The van der Waals surface area contributed by atoms with Gasteiger partial charge in [-0.3, -0.25) is 9.59 Å². The molecular weight excluding hydrogens is 454 g/mol. The van der Waals surface area contributed by atoms with Crippen molar-refractivity contribution in [2.24, 2.45) is 11.8 Å². The van der Waals surface area contributed by atoms with Gasteiger partial charge in [0.05, 0.1) is 40.3 Å². The summed E-state index contributed by atoms with van der Waals surface area (Å²) in [5.41, 5.74) is 0.522. The van der Waals surface area contributed by atoms with E-state index < -0.39 is 32.8 Å². The Morgan fingerprint density at radius 3 is 2.44 bits per heavy atom. The van der Waals surface area contributed by atoms with Crippen LogP contribution in [0.2, 0.25) is 5.02 Å². The predicted octanol–water partition coefficient (Wildman–Crippen LogP) is 2.09. The van der Waals surface area contributed by atoms with Gasteiger partial charge in [-0.25, -0.2) is 8.42 Å². The van der Waals surface area contributed by atoms with Crippen LogP contribution in [0.15, 0.2) is 23.1 Å². The van der Waals surface area contributed by atoms with Gasteiger partial charge in [0.15, 0.2) is 9.84 Å². The zero-order valence-electron chi connectivity index (χ0n) is 18.4. The monoisotopic (exact) mass is 481 g/mol. The van der Waals surface area contributed by atoms with Crippen LogP contribution < -0.4 is 5.32 Å². The molecule has 2 amide bonds. The molecule has 8 nitrogen and oxygen atoms in total. The summed E-state index contributed by atoms with van der Waals surface area (Å²) in [5, 5.41) is 10.9. The van der Waals surface area contributed by atoms with Crippen molar-refractivity contribution in [3.8, 4) is 6.07 Å². The minimum atomic E-state index is -3.79. The summed E-state index contributed by atoms with van der Waals surface area (Å²) in [6, 6.07) is 6.42. The Morgan fingerprint density at radius 2 is 1.84 bits per heavy atom. The standard InChI is InChI=1S/C22H28ClN3O5S/c1-13-8-16(23)4-5-20(13)32(29,30)17-9-18(21(27)25-7-6-24)19(10-17)22(28)26-11-14(2)31-15(3)12-26/h4-5,8,14-15,17-19H,7,9-12H2,1-3H3,(H,25,27)/t14-,15+,17-,18-,19-/m1/s1. The van der Waals surface area contributed by atoms with E-state index in [1.807, 2.05) is 19.9 Å². The fourth-order valence-corrected chi connectivity index (χ4v) is 7.04. The van der Waals surface area contributed by atoms with E-state index in [-0.39, 0.29) is 42.4 Å². The van der Waals surface area contributed by atoms with Crippen LogP contribution in [0.3, 0.4) is 0 Å². The largest absolute Gasteiger partial charge is 0.372 e. The maximum absolute atomic E-state index is 13.4. The third-order valence-electron chi connectivity index (χ3n) is 6.13. The number of nitrogens with one attached hydrogen (secondary N) is 1. The van der Waals surface area contributed by atoms with Gasteiger partial charge in [0.1, 0.15) is 6.54 Å². The average Bonchev–Trinajstić information content (AvgIpc) is 3.17. The van der Waals surface area contributed by atoms with Crippen molar-refractivity contribution in [3.63, 3.8) is 0 Å². The predicted molar refractivity (Wildman–Crippen MR) is 119 cm³/mol. The first-order valence-electron chi connectivity index (χ1n) is 10.6. The molecule has 2 fully saturated rings. The van der Waals surface area contributed by atoms with E-state index in [9.17, 15) is 18.0 Å². The van der Waals surface area contributed by atoms with E-state index in [2.05, 4.69) is 5.32 Å². The van der Waals surface area contributed by atoms with Crippen LogP contribution in [-0.4, -0.2) is 62.2 Å². The average molecular weight is 482 g/mol. The normalized spacial score (nSPS) is 28.2. The summed E-state index contributed by atoms with van der Waals surface area (Å²) in [4.78, 5) is 28.0. The van der Waals surface area contributed by atoms with Crippen LogP contribution in [0.1, 0.15) is 32.3 Å². The van der Waals surface area contributed by atoms with Crippen LogP contribution in [-0.2, 0) is 24.2 Å². The van der Waals surface area contributed by atoms with Crippen molar-refractivity contribution >= 4 is 33.3 Å². The summed E-state index contributed by atoms with van der Waals surface area (Å²) < 4.78 is 32.5. The molecule has 1 aliphatic carbocycles. The van der Waals surface area contributed by atoms with Crippen molar-refractivity contribution in [2.75, 3.05) is 19.6 Å². The number of amides is 2. The first-order valence-corrected chi connectivity index (χ1v) is 12.6. The van der Waals surface area contributed by atoms with Crippen molar-refractivity contribution in [1.29, 1.82) is 5.26 Å². The van der Waals surface area contributed by atoms with Crippen LogP contribution >= 0.6 is 11.6 Å². The number of rotatable bonds is 5. The lowest BCUT2D eigenvalue weighted by molar-refractivity contribution is -0.150. The second-order valence-corrected chi connectivity index (χ2v) is 11.3. The molecule has 3 rings (SSSR count). The number of hydrogen-bond donors (Lipinski definition) is 1. The first-order chi connectivity index (χ1) is 15.0. The third-order valence-corrected chi connectivity index (χ3v) is 8.70. The van der Waals surface area contributed by atoms with Gasteiger partial charge in [0.2, 0.25) is 11.8 Å². The number of nitrogens with zero attached hydrogens (tertiary/aromatic N) is 2. The zero-order chi connectivity index (χ0) is 23.6. The smallest absolute Gasteiger partial charge is 0.226 e. The molecule has 174 valence electrons. The fourth-order valence-electron chi connectivity index (χ4n) is 4.77. The number of ether oxygens (including phenoxy) is 1.